The van der Waals surface area contributed by atoms with E-state index in [1.807, 2.05) is 6.07 Å². The maximum absolute atomic E-state index is 14.6. The largest absolute Gasteiger partial charge is 0.378 e. The van der Waals surface area contributed by atoms with Gasteiger partial charge in [-0.15, -0.1) is 0 Å². The van der Waals surface area contributed by atoms with E-state index in [0.717, 1.165) is 30.2 Å². The Balaban J connectivity index is 1.60. The molecule has 4 rings (SSSR count). The minimum absolute atomic E-state index is 0.0591. The third-order valence-corrected chi connectivity index (χ3v) is 5.67. The van der Waals surface area contributed by atoms with Crippen LogP contribution in [0.15, 0.2) is 42.7 Å². The van der Waals surface area contributed by atoms with E-state index in [-0.39, 0.29) is 17.5 Å². The zero-order chi connectivity index (χ0) is 22.8. The molecule has 3 aromatic rings. The lowest BCUT2D eigenvalue weighted by Crippen LogP contribution is -2.35. The molecule has 1 aliphatic rings. The number of pyridine rings is 2. The first-order chi connectivity index (χ1) is 15.3. The highest BCUT2D eigenvalue weighted by atomic mass is 19.3. The van der Waals surface area contributed by atoms with E-state index in [2.05, 4.69) is 25.5 Å². The van der Waals surface area contributed by atoms with Crippen molar-refractivity contribution in [2.24, 2.45) is 0 Å². The van der Waals surface area contributed by atoms with Gasteiger partial charge in [-0.2, -0.15) is 0 Å². The molecule has 9 heteroatoms. The zero-order valence-electron chi connectivity index (χ0n) is 17.8. The molecule has 3 heterocycles. The highest BCUT2D eigenvalue weighted by Crippen LogP contribution is 2.32. The molecule has 2 N–H and O–H groups in total. The van der Waals surface area contributed by atoms with Gasteiger partial charge in [0.25, 0.3) is 6.43 Å². The molecule has 1 aliphatic heterocycles. The molecule has 1 fully saturated rings. The molecule has 0 saturated carbocycles. The third-order valence-electron chi connectivity index (χ3n) is 5.67. The van der Waals surface area contributed by atoms with E-state index in [1.54, 1.807) is 25.4 Å². The SMILES string of the molecule is CC(=O)N[C@@H]1CCN(c2cc3c(N[C@H](C)c4cccc(C(F)F)c4F)ccnc3cn2)C1. The number of anilines is 2. The van der Waals surface area contributed by atoms with E-state index >= 15 is 0 Å². The molecule has 0 unspecified atom stereocenters. The molecule has 168 valence electrons. The molecule has 2 atom stereocenters. The first-order valence-electron chi connectivity index (χ1n) is 10.4. The Morgan fingerprint density at radius 2 is 2.00 bits per heavy atom. The molecular weight excluding hydrogens is 419 g/mol. The van der Waals surface area contributed by atoms with Crippen molar-refractivity contribution in [2.75, 3.05) is 23.3 Å². The molecule has 1 aromatic carbocycles. The Labute approximate surface area is 183 Å². The number of nitrogens with zero attached hydrogens (tertiary/aromatic N) is 3. The van der Waals surface area contributed by atoms with Crippen LogP contribution >= 0.6 is 0 Å². The van der Waals surface area contributed by atoms with Gasteiger partial charge in [-0.05, 0) is 25.5 Å². The second-order valence-corrected chi connectivity index (χ2v) is 7.97. The lowest BCUT2D eigenvalue weighted by molar-refractivity contribution is -0.119. The van der Waals surface area contributed by atoms with E-state index in [4.69, 9.17) is 0 Å². The van der Waals surface area contributed by atoms with E-state index in [1.165, 1.54) is 19.1 Å². The Bertz CT molecular complexity index is 1140. The van der Waals surface area contributed by atoms with Crippen molar-refractivity contribution in [3.05, 3.63) is 59.7 Å². The monoisotopic (exact) mass is 443 g/mol. The highest BCUT2D eigenvalue weighted by Gasteiger charge is 2.25. The van der Waals surface area contributed by atoms with E-state index in [9.17, 15) is 18.0 Å². The summed E-state index contributed by atoms with van der Waals surface area (Å²) in [6.45, 7) is 4.64. The van der Waals surface area contributed by atoms with Gasteiger partial charge in [0, 0.05) is 48.9 Å². The van der Waals surface area contributed by atoms with Crippen molar-refractivity contribution in [1.82, 2.24) is 15.3 Å². The smallest absolute Gasteiger partial charge is 0.266 e. The summed E-state index contributed by atoms with van der Waals surface area (Å²) < 4.78 is 40.8. The maximum Gasteiger partial charge on any atom is 0.266 e. The summed E-state index contributed by atoms with van der Waals surface area (Å²) >= 11 is 0. The summed E-state index contributed by atoms with van der Waals surface area (Å²) in [5.41, 5.74) is 0.917. The van der Waals surface area contributed by atoms with Gasteiger partial charge in [-0.25, -0.2) is 18.2 Å². The van der Waals surface area contributed by atoms with Crippen LogP contribution in [0.2, 0.25) is 0 Å². The van der Waals surface area contributed by atoms with Crippen LogP contribution in [-0.4, -0.2) is 35.0 Å². The topological polar surface area (TPSA) is 70.2 Å². The number of halogens is 3. The summed E-state index contributed by atoms with van der Waals surface area (Å²) in [5.74, 6) is -0.208. The van der Waals surface area contributed by atoms with E-state index in [0.29, 0.717) is 17.7 Å². The van der Waals surface area contributed by atoms with Gasteiger partial charge in [-0.3, -0.25) is 9.78 Å². The second kappa shape index (κ2) is 9.02. The number of benzene rings is 1. The van der Waals surface area contributed by atoms with Gasteiger partial charge in [-0.1, -0.05) is 18.2 Å². The average molecular weight is 443 g/mol. The number of amides is 1. The number of nitrogens with one attached hydrogen (secondary N) is 2. The predicted octanol–water partition coefficient (Wildman–Crippen LogP) is 4.59. The third kappa shape index (κ3) is 4.46. The van der Waals surface area contributed by atoms with Crippen LogP contribution in [0.25, 0.3) is 10.9 Å². The van der Waals surface area contributed by atoms with Crippen LogP contribution in [0, 0.1) is 5.82 Å². The Morgan fingerprint density at radius 3 is 2.75 bits per heavy atom. The molecule has 6 nitrogen and oxygen atoms in total. The summed E-state index contributed by atoms with van der Waals surface area (Å²) in [5, 5.41) is 6.95. The number of hydrogen-bond donors (Lipinski definition) is 2. The summed E-state index contributed by atoms with van der Waals surface area (Å²) in [6.07, 6.45) is 1.24. The van der Waals surface area contributed by atoms with Gasteiger partial charge in [0.15, 0.2) is 0 Å². The number of alkyl halides is 2. The van der Waals surface area contributed by atoms with Crippen LogP contribution in [0.3, 0.4) is 0 Å². The summed E-state index contributed by atoms with van der Waals surface area (Å²) in [4.78, 5) is 22.3. The van der Waals surface area contributed by atoms with Crippen molar-refractivity contribution < 1.29 is 18.0 Å². The van der Waals surface area contributed by atoms with Crippen molar-refractivity contribution in [3.8, 4) is 0 Å². The molecular formula is C23H24F3N5O. The summed E-state index contributed by atoms with van der Waals surface area (Å²) in [7, 11) is 0. The van der Waals surface area contributed by atoms with E-state index < -0.39 is 23.8 Å². The van der Waals surface area contributed by atoms with Crippen LogP contribution in [0.4, 0.5) is 24.7 Å². The summed E-state index contributed by atoms with van der Waals surface area (Å²) in [6, 6.07) is 7.22. The Morgan fingerprint density at radius 1 is 1.22 bits per heavy atom. The Kier molecular flexibility index (Phi) is 6.16. The van der Waals surface area contributed by atoms with Crippen molar-refractivity contribution in [3.63, 3.8) is 0 Å². The number of fused-ring (bicyclic) bond motifs is 1. The van der Waals surface area contributed by atoms with Crippen molar-refractivity contribution >= 4 is 28.3 Å². The van der Waals surface area contributed by atoms with Crippen LogP contribution < -0.4 is 15.5 Å². The van der Waals surface area contributed by atoms with Gasteiger partial charge >= 0.3 is 0 Å². The number of hydrogen-bond acceptors (Lipinski definition) is 5. The van der Waals surface area contributed by atoms with Crippen LogP contribution in [-0.2, 0) is 4.79 Å². The molecule has 0 spiro atoms. The standard InChI is InChI=1S/C23H24F3N5O/c1-13(16-4-3-5-17(22(16)24)23(25)26)29-19-6-8-27-20-11-28-21(10-18(19)20)31-9-7-15(12-31)30-14(2)32/h3-6,8,10-11,13,15,23H,7,9,12H2,1-2H3,(H,27,29)(H,30,32)/t13-,15-/m1/s1. The quantitative estimate of drug-likeness (QED) is 0.583. The zero-order valence-corrected chi connectivity index (χ0v) is 17.8. The normalized spacial score (nSPS) is 17.1. The first-order valence-corrected chi connectivity index (χ1v) is 10.4. The van der Waals surface area contributed by atoms with Crippen molar-refractivity contribution in [1.29, 1.82) is 0 Å². The molecule has 0 aliphatic carbocycles. The molecule has 32 heavy (non-hydrogen) atoms. The lowest BCUT2D eigenvalue weighted by Gasteiger charge is -2.21. The fourth-order valence-corrected chi connectivity index (χ4v) is 4.09. The fraction of sp³-hybridized carbons (Fsp3) is 0.348. The lowest BCUT2D eigenvalue weighted by atomic mass is 10.0. The predicted molar refractivity (Wildman–Crippen MR) is 117 cm³/mol. The van der Waals surface area contributed by atoms with Crippen LogP contribution in [0.5, 0.6) is 0 Å². The fourth-order valence-electron chi connectivity index (χ4n) is 4.09. The molecule has 2 aromatic heterocycles. The molecule has 0 bridgehead atoms. The Hall–Kier alpha value is -3.36. The number of aromatic nitrogens is 2. The minimum atomic E-state index is -2.88. The van der Waals surface area contributed by atoms with Gasteiger partial charge in [0.2, 0.25) is 5.91 Å². The molecule has 1 saturated heterocycles. The van der Waals surface area contributed by atoms with Gasteiger partial charge < -0.3 is 15.5 Å². The minimum Gasteiger partial charge on any atom is -0.378 e. The molecule has 0 radical (unpaired) electrons. The second-order valence-electron chi connectivity index (χ2n) is 7.97. The number of rotatable bonds is 6. The highest BCUT2D eigenvalue weighted by molar-refractivity contribution is 5.92. The first kappa shape index (κ1) is 21.9. The van der Waals surface area contributed by atoms with Gasteiger partial charge in [0.05, 0.1) is 23.3 Å². The maximum atomic E-state index is 14.6. The molecule has 1 amide bonds. The van der Waals surface area contributed by atoms with Crippen molar-refractivity contribution in [2.45, 2.75) is 38.8 Å². The average Bonchev–Trinajstić information content (AvgIpc) is 3.21. The van der Waals surface area contributed by atoms with Crippen LogP contribution in [0.1, 0.15) is 43.9 Å². The number of carbonyl (C=O) groups excluding carboxylic acids is 1. The van der Waals surface area contributed by atoms with Gasteiger partial charge in [0.1, 0.15) is 11.6 Å². The number of carbonyl (C=O) groups is 1.